The van der Waals surface area contributed by atoms with E-state index in [1.807, 2.05) is 18.9 Å². The lowest BCUT2D eigenvalue weighted by molar-refractivity contribution is -0.132. The minimum Gasteiger partial charge on any atom is -0.339 e. The molecule has 18 heavy (non-hydrogen) atoms. The van der Waals surface area contributed by atoms with Gasteiger partial charge in [0.25, 0.3) is 0 Å². The molecule has 1 aliphatic carbocycles. The summed E-state index contributed by atoms with van der Waals surface area (Å²) in [7, 11) is 1.91. The molecule has 2 atom stereocenters. The highest BCUT2D eigenvalue weighted by atomic mass is 16.2. The molecule has 0 aromatic heterocycles. The van der Waals surface area contributed by atoms with Gasteiger partial charge in [0.1, 0.15) is 0 Å². The van der Waals surface area contributed by atoms with Crippen molar-refractivity contribution in [3.05, 3.63) is 35.4 Å². The van der Waals surface area contributed by atoms with Crippen molar-refractivity contribution in [2.24, 2.45) is 5.73 Å². The van der Waals surface area contributed by atoms with Crippen LogP contribution in [-0.4, -0.2) is 23.9 Å². The van der Waals surface area contributed by atoms with Crippen molar-refractivity contribution in [3.63, 3.8) is 0 Å². The standard InChI is InChI=1S/C15H22N2O/c1-11(16)7-10-15(18)17(2)14-9-8-12-5-3-4-6-13(12)14/h3-6,11,14H,7-10,16H2,1-2H3. The highest BCUT2D eigenvalue weighted by molar-refractivity contribution is 5.76. The van der Waals surface area contributed by atoms with Gasteiger partial charge in [-0.25, -0.2) is 0 Å². The monoisotopic (exact) mass is 246 g/mol. The Kier molecular flexibility index (Phi) is 4.02. The molecule has 1 aliphatic rings. The van der Waals surface area contributed by atoms with Crippen LogP contribution in [0.5, 0.6) is 0 Å². The zero-order chi connectivity index (χ0) is 13.1. The van der Waals surface area contributed by atoms with Crippen LogP contribution in [0.25, 0.3) is 0 Å². The van der Waals surface area contributed by atoms with Gasteiger partial charge in [-0.2, -0.15) is 0 Å². The van der Waals surface area contributed by atoms with Crippen molar-refractivity contribution >= 4 is 5.91 Å². The first-order chi connectivity index (χ1) is 8.59. The topological polar surface area (TPSA) is 46.3 Å². The van der Waals surface area contributed by atoms with Gasteiger partial charge in [-0.05, 0) is 37.3 Å². The number of nitrogens with two attached hydrogens (primary N) is 1. The molecular weight excluding hydrogens is 224 g/mol. The van der Waals surface area contributed by atoms with E-state index in [0.29, 0.717) is 6.42 Å². The predicted molar refractivity (Wildman–Crippen MR) is 73.2 cm³/mol. The van der Waals surface area contributed by atoms with Crippen LogP contribution in [0.2, 0.25) is 0 Å². The summed E-state index contributed by atoms with van der Waals surface area (Å²) in [6.45, 7) is 1.94. The molecule has 2 N–H and O–H groups in total. The lowest BCUT2D eigenvalue weighted by Crippen LogP contribution is -2.31. The summed E-state index contributed by atoms with van der Waals surface area (Å²) in [5.41, 5.74) is 8.40. The molecule has 3 heteroatoms. The molecular formula is C15H22N2O. The largest absolute Gasteiger partial charge is 0.339 e. The number of hydrogen-bond donors (Lipinski definition) is 1. The highest BCUT2D eigenvalue weighted by Crippen LogP contribution is 2.35. The van der Waals surface area contributed by atoms with Crippen LogP contribution in [0.1, 0.15) is 43.4 Å². The predicted octanol–water partition coefficient (Wildman–Crippen LogP) is 2.26. The number of hydrogen-bond acceptors (Lipinski definition) is 2. The van der Waals surface area contributed by atoms with Crippen molar-refractivity contribution < 1.29 is 4.79 Å². The Morgan fingerprint density at radius 1 is 1.50 bits per heavy atom. The summed E-state index contributed by atoms with van der Waals surface area (Å²) in [4.78, 5) is 14.0. The van der Waals surface area contributed by atoms with Gasteiger partial charge in [0, 0.05) is 19.5 Å². The minimum absolute atomic E-state index is 0.0956. The first kappa shape index (κ1) is 13.1. The molecule has 0 radical (unpaired) electrons. The van der Waals surface area contributed by atoms with E-state index >= 15 is 0 Å². The molecule has 0 spiro atoms. The molecule has 1 aromatic rings. The maximum absolute atomic E-state index is 12.1. The third-order valence-electron chi connectivity index (χ3n) is 3.78. The third kappa shape index (κ3) is 2.72. The molecule has 0 heterocycles. The second kappa shape index (κ2) is 5.53. The van der Waals surface area contributed by atoms with Crippen molar-refractivity contribution in [2.75, 3.05) is 7.05 Å². The normalized spacial score (nSPS) is 19.4. The fourth-order valence-corrected chi connectivity index (χ4v) is 2.64. The minimum atomic E-state index is 0.0956. The van der Waals surface area contributed by atoms with Gasteiger partial charge in [-0.3, -0.25) is 4.79 Å². The number of aryl methyl sites for hydroxylation is 1. The summed E-state index contributed by atoms with van der Waals surface area (Å²) in [5, 5.41) is 0. The second-order valence-corrected chi connectivity index (χ2v) is 5.27. The average molecular weight is 246 g/mol. The van der Waals surface area contributed by atoms with E-state index in [9.17, 15) is 4.79 Å². The van der Waals surface area contributed by atoms with Crippen LogP contribution in [0.15, 0.2) is 24.3 Å². The number of amides is 1. The molecule has 0 saturated carbocycles. The highest BCUT2D eigenvalue weighted by Gasteiger charge is 2.27. The summed E-state index contributed by atoms with van der Waals surface area (Å²) >= 11 is 0. The van der Waals surface area contributed by atoms with E-state index in [1.54, 1.807) is 0 Å². The van der Waals surface area contributed by atoms with E-state index in [-0.39, 0.29) is 18.0 Å². The quantitative estimate of drug-likeness (QED) is 0.885. The summed E-state index contributed by atoms with van der Waals surface area (Å²) < 4.78 is 0. The third-order valence-corrected chi connectivity index (χ3v) is 3.78. The number of carbonyl (C=O) groups is 1. The van der Waals surface area contributed by atoms with Crippen LogP contribution in [0, 0.1) is 0 Å². The van der Waals surface area contributed by atoms with Crippen molar-refractivity contribution in [1.29, 1.82) is 0 Å². The van der Waals surface area contributed by atoms with E-state index in [2.05, 4.69) is 24.3 Å². The Labute approximate surface area is 109 Å². The number of fused-ring (bicyclic) bond motifs is 1. The molecule has 0 saturated heterocycles. The first-order valence-electron chi connectivity index (χ1n) is 6.68. The Morgan fingerprint density at radius 3 is 2.94 bits per heavy atom. The van der Waals surface area contributed by atoms with Gasteiger partial charge in [0.15, 0.2) is 0 Å². The number of rotatable bonds is 4. The van der Waals surface area contributed by atoms with Crippen LogP contribution >= 0.6 is 0 Å². The number of nitrogens with zero attached hydrogens (tertiary/aromatic N) is 1. The zero-order valence-corrected chi connectivity index (χ0v) is 11.2. The average Bonchev–Trinajstić information content (AvgIpc) is 2.78. The van der Waals surface area contributed by atoms with Crippen molar-refractivity contribution in [2.45, 2.75) is 44.7 Å². The van der Waals surface area contributed by atoms with E-state index in [1.165, 1.54) is 11.1 Å². The molecule has 98 valence electrons. The maximum Gasteiger partial charge on any atom is 0.222 e. The summed E-state index contributed by atoms with van der Waals surface area (Å²) in [6, 6.07) is 8.77. The van der Waals surface area contributed by atoms with Gasteiger partial charge in [0.05, 0.1) is 6.04 Å². The molecule has 2 rings (SSSR count). The van der Waals surface area contributed by atoms with E-state index < -0.39 is 0 Å². The van der Waals surface area contributed by atoms with Crippen LogP contribution < -0.4 is 5.73 Å². The summed E-state index contributed by atoms with van der Waals surface area (Å²) in [5.74, 6) is 0.203. The Balaban J connectivity index is 2.02. The molecule has 0 bridgehead atoms. The van der Waals surface area contributed by atoms with Gasteiger partial charge >= 0.3 is 0 Å². The van der Waals surface area contributed by atoms with Gasteiger partial charge in [-0.15, -0.1) is 0 Å². The van der Waals surface area contributed by atoms with Gasteiger partial charge < -0.3 is 10.6 Å². The van der Waals surface area contributed by atoms with Crippen LogP contribution in [-0.2, 0) is 11.2 Å². The molecule has 0 aliphatic heterocycles. The smallest absolute Gasteiger partial charge is 0.222 e. The molecule has 1 amide bonds. The first-order valence-corrected chi connectivity index (χ1v) is 6.68. The molecule has 1 aromatic carbocycles. The van der Waals surface area contributed by atoms with E-state index in [0.717, 1.165) is 19.3 Å². The van der Waals surface area contributed by atoms with Crippen molar-refractivity contribution in [3.8, 4) is 0 Å². The maximum atomic E-state index is 12.1. The lowest BCUT2D eigenvalue weighted by Gasteiger charge is -2.26. The fraction of sp³-hybridized carbons (Fsp3) is 0.533. The number of carbonyl (C=O) groups excluding carboxylic acids is 1. The Bertz CT molecular complexity index is 428. The van der Waals surface area contributed by atoms with Crippen LogP contribution in [0.4, 0.5) is 0 Å². The molecule has 2 unspecified atom stereocenters. The second-order valence-electron chi connectivity index (χ2n) is 5.27. The van der Waals surface area contributed by atoms with Gasteiger partial charge in [-0.1, -0.05) is 24.3 Å². The van der Waals surface area contributed by atoms with Crippen molar-refractivity contribution in [1.82, 2.24) is 4.90 Å². The van der Waals surface area contributed by atoms with Gasteiger partial charge in [0.2, 0.25) is 5.91 Å². The lowest BCUT2D eigenvalue weighted by atomic mass is 10.1. The number of benzene rings is 1. The summed E-state index contributed by atoms with van der Waals surface area (Å²) in [6.07, 6.45) is 3.43. The fourth-order valence-electron chi connectivity index (χ4n) is 2.64. The Morgan fingerprint density at radius 2 is 2.22 bits per heavy atom. The SMILES string of the molecule is CC(N)CCC(=O)N(C)C1CCc2ccccc21. The van der Waals surface area contributed by atoms with E-state index in [4.69, 9.17) is 5.73 Å². The Hall–Kier alpha value is -1.35. The van der Waals surface area contributed by atoms with Crippen LogP contribution in [0.3, 0.4) is 0 Å². The zero-order valence-electron chi connectivity index (χ0n) is 11.2. The molecule has 3 nitrogen and oxygen atoms in total. The molecule has 0 fully saturated rings.